The van der Waals surface area contributed by atoms with Gasteiger partial charge < -0.3 is 4.74 Å². The largest absolute Gasteiger partial charge is 0.375 e. The molecular weight excluding hydrogens is 108 g/mol. The Morgan fingerprint density at radius 3 is 3.00 bits per heavy atom. The Morgan fingerprint density at radius 2 is 2.62 bits per heavy atom. The second-order valence-electron chi connectivity index (χ2n) is 1.09. The van der Waals surface area contributed by atoms with Crippen LogP contribution >= 0.6 is 0 Å². The van der Waals surface area contributed by atoms with E-state index in [2.05, 4.69) is 4.74 Å². The molecule has 1 amide bonds. The van der Waals surface area contributed by atoms with Crippen molar-refractivity contribution >= 4 is 5.91 Å². The SMILES string of the molecule is COCC(=O)NC#N. The summed E-state index contributed by atoms with van der Waals surface area (Å²) in [6.45, 7) is -0.0619. The van der Waals surface area contributed by atoms with Crippen LogP contribution < -0.4 is 5.32 Å². The molecule has 4 heteroatoms. The van der Waals surface area contributed by atoms with E-state index in [0.717, 1.165) is 0 Å². The van der Waals surface area contributed by atoms with E-state index in [-0.39, 0.29) is 6.61 Å². The van der Waals surface area contributed by atoms with Gasteiger partial charge in [0, 0.05) is 7.11 Å². The van der Waals surface area contributed by atoms with Gasteiger partial charge in [-0.25, -0.2) is 0 Å². The van der Waals surface area contributed by atoms with Crippen molar-refractivity contribution in [3.63, 3.8) is 0 Å². The molecule has 0 aliphatic rings. The number of nitrogens with one attached hydrogen (secondary N) is 1. The van der Waals surface area contributed by atoms with E-state index in [9.17, 15) is 4.79 Å². The van der Waals surface area contributed by atoms with Crippen molar-refractivity contribution in [2.75, 3.05) is 13.7 Å². The molecule has 0 fully saturated rings. The Labute approximate surface area is 47.1 Å². The number of methoxy groups -OCH3 is 1. The smallest absolute Gasteiger partial charge is 0.258 e. The Bertz CT molecular complexity index is 116. The minimum absolute atomic E-state index is 0.0619. The number of nitriles is 1. The van der Waals surface area contributed by atoms with Crippen LogP contribution in [0.2, 0.25) is 0 Å². The van der Waals surface area contributed by atoms with Crippen LogP contribution in [0.5, 0.6) is 0 Å². The highest BCUT2D eigenvalue weighted by Crippen LogP contribution is 1.64. The maximum absolute atomic E-state index is 10.2. The number of rotatable bonds is 2. The molecule has 0 aromatic heterocycles. The fourth-order valence-corrected chi connectivity index (χ4v) is 0.230. The van der Waals surface area contributed by atoms with Crippen LogP contribution in [0.15, 0.2) is 0 Å². The summed E-state index contributed by atoms with van der Waals surface area (Å²) >= 11 is 0. The van der Waals surface area contributed by atoms with Gasteiger partial charge in [0.15, 0.2) is 6.19 Å². The molecule has 0 bridgehead atoms. The number of amides is 1. The molecule has 0 unspecified atom stereocenters. The zero-order valence-electron chi connectivity index (χ0n) is 4.47. The average Bonchev–Trinajstić information content (AvgIpc) is 1.68. The number of hydrogen-bond donors (Lipinski definition) is 1. The van der Waals surface area contributed by atoms with Crippen LogP contribution in [0.1, 0.15) is 0 Å². The average molecular weight is 114 g/mol. The summed E-state index contributed by atoms with van der Waals surface area (Å²) in [5, 5.41) is 9.71. The van der Waals surface area contributed by atoms with Gasteiger partial charge in [0.1, 0.15) is 6.61 Å². The number of nitrogens with zero attached hydrogens (tertiary/aromatic N) is 1. The number of carbonyl (C=O) groups excluding carboxylic acids is 1. The van der Waals surface area contributed by atoms with Gasteiger partial charge in [-0.2, -0.15) is 5.26 Å². The molecule has 0 aromatic rings. The summed E-state index contributed by atoms with van der Waals surface area (Å²) in [5.41, 5.74) is 0. The quantitative estimate of drug-likeness (QED) is 0.378. The van der Waals surface area contributed by atoms with Gasteiger partial charge in [0.25, 0.3) is 5.91 Å². The van der Waals surface area contributed by atoms with Crippen molar-refractivity contribution in [2.45, 2.75) is 0 Å². The van der Waals surface area contributed by atoms with E-state index < -0.39 is 5.91 Å². The molecule has 0 atom stereocenters. The number of hydrogen-bond acceptors (Lipinski definition) is 3. The lowest BCUT2D eigenvalue weighted by molar-refractivity contribution is -0.123. The van der Waals surface area contributed by atoms with E-state index in [1.807, 2.05) is 5.32 Å². The van der Waals surface area contributed by atoms with E-state index in [0.29, 0.717) is 0 Å². The standard InChI is InChI=1S/C4H6N2O2/c1-8-2-4(7)6-3-5/h2H2,1H3,(H,6,7). The molecule has 0 saturated carbocycles. The molecule has 8 heavy (non-hydrogen) atoms. The zero-order chi connectivity index (χ0) is 6.41. The molecule has 0 rings (SSSR count). The second-order valence-corrected chi connectivity index (χ2v) is 1.09. The molecule has 44 valence electrons. The fraction of sp³-hybridized carbons (Fsp3) is 0.500. The highest BCUT2D eigenvalue weighted by Gasteiger charge is 1.93. The molecule has 1 N–H and O–H groups in total. The summed E-state index contributed by atoms with van der Waals surface area (Å²) < 4.78 is 4.39. The van der Waals surface area contributed by atoms with E-state index >= 15 is 0 Å². The second kappa shape index (κ2) is 4.09. The fourth-order valence-electron chi connectivity index (χ4n) is 0.230. The molecule has 0 spiro atoms. The molecular formula is C4H6N2O2. The van der Waals surface area contributed by atoms with Crippen molar-refractivity contribution in [2.24, 2.45) is 0 Å². The first-order valence-electron chi connectivity index (χ1n) is 1.98. The minimum Gasteiger partial charge on any atom is -0.375 e. The van der Waals surface area contributed by atoms with Crippen molar-refractivity contribution in [1.29, 1.82) is 5.26 Å². The maximum atomic E-state index is 10.2. The normalized spacial score (nSPS) is 7.50. The first-order chi connectivity index (χ1) is 3.81. The lowest BCUT2D eigenvalue weighted by Gasteiger charge is -1.90. The van der Waals surface area contributed by atoms with Crippen molar-refractivity contribution < 1.29 is 9.53 Å². The molecule has 0 radical (unpaired) electrons. The first-order valence-corrected chi connectivity index (χ1v) is 1.98. The van der Waals surface area contributed by atoms with Crippen LogP contribution in [0, 0.1) is 11.5 Å². The highest BCUT2D eigenvalue weighted by atomic mass is 16.5. The lowest BCUT2D eigenvalue weighted by atomic mass is 10.7. The minimum atomic E-state index is -0.421. The summed E-state index contributed by atoms with van der Waals surface area (Å²) in [6.07, 6.45) is 1.47. The summed E-state index contributed by atoms with van der Waals surface area (Å²) in [5.74, 6) is -0.421. The van der Waals surface area contributed by atoms with Crippen molar-refractivity contribution in [3.05, 3.63) is 0 Å². The monoisotopic (exact) mass is 114 g/mol. The van der Waals surface area contributed by atoms with Gasteiger partial charge >= 0.3 is 0 Å². The van der Waals surface area contributed by atoms with Crippen LogP contribution in [0.25, 0.3) is 0 Å². The number of carbonyl (C=O) groups is 1. The van der Waals surface area contributed by atoms with Gasteiger partial charge in [-0.1, -0.05) is 0 Å². The van der Waals surface area contributed by atoms with Gasteiger partial charge in [0.2, 0.25) is 0 Å². The van der Waals surface area contributed by atoms with Crippen LogP contribution in [0.3, 0.4) is 0 Å². The van der Waals surface area contributed by atoms with Gasteiger partial charge in [-0.15, -0.1) is 0 Å². The molecule has 0 aromatic carbocycles. The summed E-state index contributed by atoms with van der Waals surface area (Å²) in [7, 11) is 1.39. The molecule has 0 saturated heterocycles. The van der Waals surface area contributed by atoms with E-state index in [4.69, 9.17) is 5.26 Å². The van der Waals surface area contributed by atoms with Crippen LogP contribution in [0.4, 0.5) is 0 Å². The molecule has 0 aliphatic carbocycles. The molecule has 0 aliphatic heterocycles. The third-order valence-electron chi connectivity index (χ3n) is 0.471. The number of ether oxygens (including phenoxy) is 1. The lowest BCUT2D eigenvalue weighted by Crippen LogP contribution is -2.21. The summed E-state index contributed by atoms with van der Waals surface area (Å²) in [4.78, 5) is 10.2. The van der Waals surface area contributed by atoms with Gasteiger partial charge in [-0.05, 0) is 0 Å². The van der Waals surface area contributed by atoms with Crippen LogP contribution in [-0.4, -0.2) is 19.6 Å². The third-order valence-corrected chi connectivity index (χ3v) is 0.471. The molecule has 4 nitrogen and oxygen atoms in total. The Kier molecular flexibility index (Phi) is 3.54. The van der Waals surface area contributed by atoms with Crippen molar-refractivity contribution in [3.8, 4) is 6.19 Å². The maximum Gasteiger partial charge on any atom is 0.258 e. The zero-order valence-corrected chi connectivity index (χ0v) is 4.47. The Morgan fingerprint density at radius 1 is 2.00 bits per heavy atom. The van der Waals surface area contributed by atoms with E-state index in [1.54, 1.807) is 0 Å². The van der Waals surface area contributed by atoms with Gasteiger partial charge in [-0.3, -0.25) is 10.1 Å². The molecule has 0 heterocycles. The van der Waals surface area contributed by atoms with Crippen molar-refractivity contribution in [1.82, 2.24) is 5.32 Å². The Hall–Kier alpha value is -1.08. The van der Waals surface area contributed by atoms with E-state index in [1.165, 1.54) is 13.3 Å². The predicted octanol–water partition coefficient (Wildman–Crippen LogP) is -0.770. The Balaban J connectivity index is 3.23. The predicted molar refractivity (Wildman–Crippen MR) is 25.6 cm³/mol. The van der Waals surface area contributed by atoms with Crippen LogP contribution in [-0.2, 0) is 9.53 Å². The summed E-state index contributed by atoms with van der Waals surface area (Å²) in [6, 6.07) is 0. The van der Waals surface area contributed by atoms with Gasteiger partial charge in [0.05, 0.1) is 0 Å². The first kappa shape index (κ1) is 6.92. The highest BCUT2D eigenvalue weighted by molar-refractivity contribution is 5.78. The topological polar surface area (TPSA) is 62.1 Å². The third kappa shape index (κ3) is 3.12.